The van der Waals surface area contributed by atoms with Gasteiger partial charge in [0.2, 0.25) is 0 Å². The molecule has 0 aliphatic rings. The maximum Gasteiger partial charge on any atom is 0.189 e. The Hall–Kier alpha value is 0.240. The molecule has 0 rings (SSSR count). The van der Waals surface area contributed by atoms with Crippen molar-refractivity contribution in [1.82, 2.24) is 9.34 Å². The molecule has 0 unspecified atom stereocenters. The number of hydrogen-bond donors (Lipinski definition) is 2. The summed E-state index contributed by atoms with van der Waals surface area (Å²) >= 11 is 0. The van der Waals surface area contributed by atoms with Crippen LogP contribution in [0.1, 0.15) is 83.1 Å². The number of nitrogens with two attached hydrogens (primary N) is 2. The second-order valence-electron chi connectivity index (χ2n) is 10.7. The Balaban J connectivity index is 5.18. The molecule has 10 heteroatoms. The van der Waals surface area contributed by atoms with Crippen molar-refractivity contribution >= 4 is 36.0 Å². The van der Waals surface area contributed by atoms with E-state index in [1.165, 1.54) is 0 Å². The van der Waals surface area contributed by atoms with Crippen LogP contribution in [-0.4, -0.2) is 75.3 Å². The van der Waals surface area contributed by atoms with Crippen LogP contribution in [0.2, 0.25) is 0 Å². The smallest absolute Gasteiger partial charge is 0.189 e. The number of nitrogens with zero attached hydrogens (tertiary/aromatic N) is 3. The van der Waals surface area contributed by atoms with Gasteiger partial charge in [-0.1, -0.05) is 21.6 Å². The Morgan fingerprint density at radius 3 is 1.67 bits per heavy atom. The molecule has 0 radical (unpaired) electrons. The Kier molecular flexibility index (Phi) is 15.5. The van der Waals surface area contributed by atoms with Crippen molar-refractivity contribution in [2.45, 2.75) is 118 Å². The summed E-state index contributed by atoms with van der Waals surface area (Å²) in [5.41, 5.74) is 10.1. The minimum absolute atomic E-state index is 0.146. The van der Waals surface area contributed by atoms with Crippen LogP contribution in [0, 0.1) is 0 Å². The molecule has 0 spiro atoms. The summed E-state index contributed by atoms with van der Waals surface area (Å²) in [4.78, 5) is 4.02. The molecule has 0 saturated carbocycles. The predicted molar refractivity (Wildman–Crippen MR) is 152 cm³/mol. The summed E-state index contributed by atoms with van der Waals surface area (Å²) in [7, 11) is 2.62. The molecule has 0 bridgehead atoms. The average molecular weight is 526 g/mol. The first kappa shape index (κ1) is 33.2. The summed E-state index contributed by atoms with van der Waals surface area (Å²) in [6, 6.07) is 1.57. The van der Waals surface area contributed by atoms with E-state index in [2.05, 4.69) is 97.4 Å². The van der Waals surface area contributed by atoms with Gasteiger partial charge in [0.25, 0.3) is 0 Å². The molecule has 0 heterocycles. The van der Waals surface area contributed by atoms with Crippen LogP contribution >= 0.6 is 30.0 Å². The monoisotopic (exact) mass is 525 g/mol. The van der Waals surface area contributed by atoms with Crippen molar-refractivity contribution in [3.63, 3.8) is 0 Å². The van der Waals surface area contributed by atoms with Crippen LogP contribution in [0.3, 0.4) is 0 Å². The van der Waals surface area contributed by atoms with E-state index in [1.54, 1.807) is 21.6 Å². The van der Waals surface area contributed by atoms with Gasteiger partial charge in [0.05, 0.1) is 24.4 Å². The highest BCUT2D eigenvalue weighted by molar-refractivity contribution is 8.76. The molecule has 0 fully saturated rings. The van der Waals surface area contributed by atoms with Gasteiger partial charge >= 0.3 is 0 Å². The van der Waals surface area contributed by atoms with Crippen LogP contribution in [-0.2, 0) is 9.26 Å². The minimum atomic E-state index is -0.930. The van der Waals surface area contributed by atoms with E-state index >= 15 is 0 Å². The van der Waals surface area contributed by atoms with Gasteiger partial charge < -0.3 is 20.7 Å². The highest BCUT2D eigenvalue weighted by Crippen LogP contribution is 2.51. The molecule has 0 aromatic carbocycles. The quantitative estimate of drug-likeness (QED) is 0.0822. The number of hydrogen-bond acceptors (Lipinski definition) is 7. The fraction of sp³-hybridized carbons (Fsp3) is 0.957. The van der Waals surface area contributed by atoms with Gasteiger partial charge in [-0.05, 0) is 83.1 Å². The summed E-state index contributed by atoms with van der Waals surface area (Å²) in [5, 5.41) is 0. The standard InChI is InChI=1S/C23H52N5O2PS2/c1-17(2)27(18(3)4)31(28(19(5)6)20(7)8)29-15-22(9,10)30-23(11,12)16-33-32-14-13-26-21(24)25/h17-20H,13-16H2,1-12H3,(H4,24,25,26). The van der Waals surface area contributed by atoms with Crippen molar-refractivity contribution in [3.8, 4) is 0 Å². The van der Waals surface area contributed by atoms with Gasteiger partial charge in [0.15, 0.2) is 14.4 Å². The van der Waals surface area contributed by atoms with Gasteiger partial charge in [-0.15, -0.1) is 0 Å². The number of ether oxygens (including phenoxy) is 1. The molecule has 0 aromatic heterocycles. The van der Waals surface area contributed by atoms with Crippen molar-refractivity contribution in [1.29, 1.82) is 0 Å². The Bertz CT molecular complexity index is 535. The second-order valence-corrected chi connectivity index (χ2v) is 14.9. The van der Waals surface area contributed by atoms with Crippen LogP contribution in [0.4, 0.5) is 0 Å². The molecule has 33 heavy (non-hydrogen) atoms. The molecule has 0 aliphatic carbocycles. The van der Waals surface area contributed by atoms with Gasteiger partial charge in [-0.25, -0.2) is 9.34 Å². The lowest BCUT2D eigenvalue weighted by atomic mass is 10.1. The Labute approximate surface area is 213 Å². The molecule has 0 aromatic rings. The molecule has 198 valence electrons. The van der Waals surface area contributed by atoms with Gasteiger partial charge in [0, 0.05) is 35.7 Å². The number of guanidine groups is 1. The van der Waals surface area contributed by atoms with E-state index in [4.69, 9.17) is 20.7 Å². The molecule has 7 nitrogen and oxygen atoms in total. The van der Waals surface area contributed by atoms with E-state index < -0.39 is 14.1 Å². The van der Waals surface area contributed by atoms with Crippen LogP contribution in [0.5, 0.6) is 0 Å². The molecule has 0 atom stereocenters. The van der Waals surface area contributed by atoms with Crippen LogP contribution in [0.15, 0.2) is 4.99 Å². The molecule has 0 amide bonds. The first-order valence-electron chi connectivity index (χ1n) is 12.0. The largest absolute Gasteiger partial charge is 0.370 e. The Morgan fingerprint density at radius 2 is 1.27 bits per heavy atom. The predicted octanol–water partition coefficient (Wildman–Crippen LogP) is 5.70. The summed E-state index contributed by atoms with van der Waals surface area (Å²) < 4.78 is 18.3. The SMILES string of the molecule is CC(C)N(C(C)C)P(OCC(C)(C)OC(C)(C)CSSCCN=C(N)N)N(C(C)C)C(C)C. The topological polar surface area (TPSA) is 89.3 Å². The number of aliphatic imine (C=N–C) groups is 1. The molecule has 4 N–H and O–H groups in total. The average Bonchev–Trinajstić information content (AvgIpc) is 2.60. The van der Waals surface area contributed by atoms with E-state index in [-0.39, 0.29) is 11.6 Å². The lowest BCUT2D eigenvalue weighted by molar-refractivity contribution is -0.126. The van der Waals surface area contributed by atoms with Crippen LogP contribution < -0.4 is 11.5 Å². The third-order valence-corrected chi connectivity index (χ3v) is 10.2. The summed E-state index contributed by atoms with van der Waals surface area (Å²) in [6.45, 7) is 27.7. The first-order valence-corrected chi connectivity index (χ1v) is 15.7. The molecule has 0 aliphatic heterocycles. The molecule has 0 saturated heterocycles. The fourth-order valence-electron chi connectivity index (χ4n) is 3.71. The van der Waals surface area contributed by atoms with Gasteiger partial charge in [-0.2, -0.15) is 0 Å². The highest BCUT2D eigenvalue weighted by atomic mass is 33.1. The minimum Gasteiger partial charge on any atom is -0.370 e. The van der Waals surface area contributed by atoms with Crippen molar-refractivity contribution in [3.05, 3.63) is 0 Å². The molecular weight excluding hydrogens is 473 g/mol. The summed E-state index contributed by atoms with van der Waals surface area (Å²) in [5.74, 6) is 1.88. The normalized spacial score (nSPS) is 13.5. The van der Waals surface area contributed by atoms with E-state index in [1.807, 2.05) is 0 Å². The Morgan fingerprint density at radius 1 is 0.818 bits per heavy atom. The van der Waals surface area contributed by atoms with E-state index in [0.717, 1.165) is 11.5 Å². The van der Waals surface area contributed by atoms with Crippen molar-refractivity contribution < 1.29 is 9.26 Å². The van der Waals surface area contributed by atoms with Crippen molar-refractivity contribution in [2.24, 2.45) is 16.5 Å². The fourth-order valence-corrected chi connectivity index (χ4v) is 8.61. The zero-order chi connectivity index (χ0) is 26.0. The van der Waals surface area contributed by atoms with Crippen molar-refractivity contribution in [2.75, 3.05) is 24.7 Å². The maximum atomic E-state index is 6.74. The van der Waals surface area contributed by atoms with E-state index in [9.17, 15) is 0 Å². The lowest BCUT2D eigenvalue weighted by Gasteiger charge is -2.47. The lowest BCUT2D eigenvalue weighted by Crippen LogP contribution is -2.46. The number of rotatable bonds is 17. The second kappa shape index (κ2) is 15.4. The zero-order valence-corrected chi connectivity index (χ0v) is 25.7. The zero-order valence-electron chi connectivity index (χ0n) is 23.2. The van der Waals surface area contributed by atoms with E-state index in [0.29, 0.717) is 37.3 Å². The molecular formula is C23H52N5O2PS2. The van der Waals surface area contributed by atoms with Gasteiger partial charge in [0.1, 0.15) is 0 Å². The maximum absolute atomic E-state index is 6.74. The third kappa shape index (κ3) is 13.8. The first-order chi connectivity index (χ1) is 15.0. The highest BCUT2D eigenvalue weighted by Gasteiger charge is 2.37. The van der Waals surface area contributed by atoms with Gasteiger partial charge in [-0.3, -0.25) is 4.99 Å². The van der Waals surface area contributed by atoms with Crippen LogP contribution in [0.25, 0.3) is 0 Å². The third-order valence-electron chi connectivity index (χ3n) is 4.55. The summed E-state index contributed by atoms with van der Waals surface area (Å²) in [6.07, 6.45) is 0.